The zero-order valence-electron chi connectivity index (χ0n) is 59.3. The number of nitrogens with zero attached hydrogens (tertiary/aromatic N) is 3. The lowest BCUT2D eigenvalue weighted by Crippen LogP contribution is -2.46. The van der Waals surface area contributed by atoms with Gasteiger partial charge in [-0.2, -0.15) is 0 Å². The first kappa shape index (κ1) is 74.8. The SMILES string of the molecule is C#CC#CC#CC#CC#CC(CCCCCCCCCCCC)CN1C(=O)c2cc(C(C)C)c3c4c(cc(-c5ccc6c(c5)Sc5cc(C(C)C)ccc5N6CCCCCC)c(c24)C1=O)C(=O)N(CC(CCCCCCCCCC)CCCCCCCCCCCC)C3=O.[HH].[HH].[HH].[HH].[HH].[HH].[HH].[HH].[HH].[HH].[HH].[HH]. The molecule has 0 bridgehead atoms. The van der Waals surface area contributed by atoms with E-state index in [0.717, 1.165) is 105 Å². The van der Waals surface area contributed by atoms with E-state index in [4.69, 9.17) is 6.42 Å². The van der Waals surface area contributed by atoms with Crippen LogP contribution in [-0.4, -0.2) is 53.1 Å². The Labute approximate surface area is 591 Å². The van der Waals surface area contributed by atoms with Crippen molar-refractivity contribution in [3.63, 3.8) is 0 Å². The van der Waals surface area contributed by atoms with Crippen molar-refractivity contribution in [1.29, 1.82) is 0 Å². The molecule has 0 aromatic heterocycles. The van der Waals surface area contributed by atoms with Gasteiger partial charge in [-0.3, -0.25) is 29.0 Å². The summed E-state index contributed by atoms with van der Waals surface area (Å²) in [6.45, 7) is 18.9. The molecule has 526 valence electrons. The summed E-state index contributed by atoms with van der Waals surface area (Å²) < 4.78 is 0. The average molecular weight is 1310 g/mol. The van der Waals surface area contributed by atoms with Crippen molar-refractivity contribution in [2.75, 3.05) is 24.5 Å². The van der Waals surface area contributed by atoms with Gasteiger partial charge in [-0.15, -0.1) is 6.42 Å². The van der Waals surface area contributed by atoms with E-state index in [9.17, 15) is 0 Å². The van der Waals surface area contributed by atoms with Crippen LogP contribution >= 0.6 is 11.8 Å². The highest BCUT2D eigenvalue weighted by Gasteiger charge is 2.44. The molecule has 3 aliphatic heterocycles. The van der Waals surface area contributed by atoms with Gasteiger partial charge in [-0.1, -0.05) is 284 Å². The highest BCUT2D eigenvalue weighted by Crippen LogP contribution is 2.52. The Morgan fingerprint density at radius 3 is 1.37 bits per heavy atom. The predicted octanol–water partition coefficient (Wildman–Crippen LogP) is 26.1. The monoisotopic (exact) mass is 1310 g/mol. The number of imide groups is 2. The Hall–Kier alpha value is -6.63. The molecule has 0 spiro atoms. The first-order valence-electron chi connectivity index (χ1n) is 37.5. The summed E-state index contributed by atoms with van der Waals surface area (Å²) in [6.07, 6.45) is 46.5. The summed E-state index contributed by atoms with van der Waals surface area (Å²) in [5.41, 5.74) is 7.21. The van der Waals surface area contributed by atoms with Crippen molar-refractivity contribution in [3.05, 3.63) is 81.9 Å². The van der Waals surface area contributed by atoms with Crippen LogP contribution in [0.4, 0.5) is 11.4 Å². The van der Waals surface area contributed by atoms with E-state index in [2.05, 4.69) is 150 Å². The quantitative estimate of drug-likeness (QED) is 0.0250. The summed E-state index contributed by atoms with van der Waals surface area (Å²) in [5.74, 6) is 23.1. The van der Waals surface area contributed by atoms with Crippen molar-refractivity contribution in [2.45, 2.75) is 302 Å². The van der Waals surface area contributed by atoms with E-state index in [-0.39, 0.29) is 53.2 Å². The first-order valence-corrected chi connectivity index (χ1v) is 38.3. The number of terminal acetylenes is 1. The molecule has 2 atom stereocenters. The van der Waals surface area contributed by atoms with Crippen molar-refractivity contribution in [1.82, 2.24) is 9.80 Å². The number of unbranched alkanes of at least 4 members (excludes halogenated alkanes) is 28. The number of anilines is 2. The molecular formula is C86H137N3O4S. The molecule has 0 aliphatic carbocycles. The fraction of sp³-hybridized carbons (Fsp3) is 0.581. The molecule has 0 radical (unpaired) electrons. The normalized spacial score (nSPS) is 13.6. The molecule has 4 amide bonds. The molecule has 0 saturated carbocycles. The maximum Gasteiger partial charge on any atom is 0.262 e. The van der Waals surface area contributed by atoms with Gasteiger partial charge in [0, 0.05) is 74.4 Å². The summed E-state index contributed by atoms with van der Waals surface area (Å²) in [7, 11) is 0. The molecule has 7 nitrogen and oxygen atoms in total. The maximum atomic E-state index is 16.1. The number of amides is 4. The molecule has 0 fully saturated rings. The van der Waals surface area contributed by atoms with Crippen molar-refractivity contribution < 1.29 is 36.3 Å². The number of fused-ring (bicyclic) bond motifs is 2. The Morgan fingerprint density at radius 1 is 0.415 bits per heavy atom. The lowest BCUT2D eigenvalue weighted by molar-refractivity contribution is 0.0562. The van der Waals surface area contributed by atoms with Crippen LogP contribution in [0.2, 0.25) is 0 Å². The molecule has 4 aromatic carbocycles. The van der Waals surface area contributed by atoms with Crippen LogP contribution in [0.15, 0.2) is 58.3 Å². The minimum Gasteiger partial charge on any atom is -0.340 e. The van der Waals surface area contributed by atoms with E-state index in [1.165, 1.54) is 162 Å². The van der Waals surface area contributed by atoms with E-state index < -0.39 is 11.8 Å². The first-order chi connectivity index (χ1) is 45.9. The molecule has 3 aliphatic rings. The van der Waals surface area contributed by atoms with Gasteiger partial charge in [0.2, 0.25) is 0 Å². The summed E-state index contributed by atoms with van der Waals surface area (Å²) in [5, 5.41) is 0.845. The maximum absolute atomic E-state index is 16.1. The van der Waals surface area contributed by atoms with Gasteiger partial charge in [-0.25, -0.2) is 0 Å². The minimum absolute atomic E-state index is 0. The molecule has 94 heavy (non-hydrogen) atoms. The molecule has 3 heterocycles. The Balaban J connectivity index is -0.00000208. The number of carbonyl (C=O) groups is 4. The smallest absolute Gasteiger partial charge is 0.262 e. The van der Waals surface area contributed by atoms with Crippen LogP contribution in [0.1, 0.15) is 362 Å². The van der Waals surface area contributed by atoms with Crippen LogP contribution in [-0.2, 0) is 0 Å². The fourth-order valence-corrected chi connectivity index (χ4v) is 15.5. The molecular weight excluding hydrogens is 1170 g/mol. The summed E-state index contributed by atoms with van der Waals surface area (Å²) in [6, 6.07) is 17.2. The zero-order chi connectivity index (χ0) is 67.0. The highest BCUT2D eigenvalue weighted by atomic mass is 32.2. The molecule has 2 unspecified atom stereocenters. The third kappa shape index (κ3) is 21.2. The third-order valence-electron chi connectivity index (χ3n) is 19.8. The van der Waals surface area contributed by atoms with E-state index in [1.54, 1.807) is 16.7 Å². The van der Waals surface area contributed by atoms with Crippen LogP contribution in [0.25, 0.3) is 21.9 Å². The standard InChI is InChI=1S/C86H113N3O4S.12H2/c1-10-15-20-25-29-33-35-39-43-47-51-67(50-45-41-37-31-27-22-17-12-3)63-88-84(91)74-62-72(70-55-57-76-78(60-70)94-77-59-69(65(6)7)54-56-75(77)87(76)58-49-24-19-14-5)82-80-73(61-71(66(8)9)81(79(74)80)85(88)92)83(90)89(86(82)93)64-68(52-46-42-38-32-28-23-18-13-4)53-48-44-40-36-34-30-26-21-16-11-2;;;;;;;;;;;;/h4,54-57,59-62,65-68H,10-12,14-17,19-22,24-27,29-31,33-37,39-41,43-45,47-51,53,58,63-64H2,1-3,5-9H3;12*1H. The molecule has 8 heteroatoms. The average Bonchev–Trinajstić information content (AvgIpc) is 0.695. The molecule has 0 saturated heterocycles. The Bertz CT molecular complexity index is 3530. The number of benzene rings is 4. The van der Waals surface area contributed by atoms with Gasteiger partial charge in [0.25, 0.3) is 23.6 Å². The van der Waals surface area contributed by atoms with Crippen LogP contribution in [0.5, 0.6) is 0 Å². The Morgan fingerprint density at radius 2 is 0.851 bits per heavy atom. The topological polar surface area (TPSA) is 78.0 Å². The number of hydrogen-bond acceptors (Lipinski definition) is 6. The second-order valence-electron chi connectivity index (χ2n) is 27.9. The second-order valence-corrected chi connectivity index (χ2v) is 29.0. The van der Waals surface area contributed by atoms with Gasteiger partial charge < -0.3 is 4.90 Å². The zero-order valence-corrected chi connectivity index (χ0v) is 60.1. The second kappa shape index (κ2) is 40.7. The summed E-state index contributed by atoms with van der Waals surface area (Å²) in [4.78, 5) is 71.2. The van der Waals surface area contributed by atoms with Crippen LogP contribution in [0.3, 0.4) is 0 Å². The summed E-state index contributed by atoms with van der Waals surface area (Å²) >= 11 is 1.75. The van der Waals surface area contributed by atoms with Crippen LogP contribution in [0, 0.1) is 71.5 Å². The van der Waals surface area contributed by atoms with Crippen molar-refractivity contribution >= 4 is 57.5 Å². The number of hydrogen-bond donors (Lipinski definition) is 0. The van der Waals surface area contributed by atoms with E-state index in [1.807, 2.05) is 12.1 Å². The molecule has 4 aromatic rings. The largest absolute Gasteiger partial charge is 0.340 e. The fourth-order valence-electron chi connectivity index (χ4n) is 14.3. The number of carbonyl (C=O) groups excluding carboxylic acids is 4. The van der Waals surface area contributed by atoms with Gasteiger partial charge in [-0.05, 0) is 149 Å². The molecule has 7 rings (SSSR count). The van der Waals surface area contributed by atoms with Crippen molar-refractivity contribution in [2.24, 2.45) is 11.8 Å². The lowest BCUT2D eigenvalue weighted by Gasteiger charge is -2.36. The van der Waals surface area contributed by atoms with Gasteiger partial charge in [0.1, 0.15) is 0 Å². The highest BCUT2D eigenvalue weighted by molar-refractivity contribution is 7.99. The van der Waals surface area contributed by atoms with Gasteiger partial charge in [0.05, 0.1) is 22.5 Å². The van der Waals surface area contributed by atoms with Crippen molar-refractivity contribution in [3.8, 4) is 70.8 Å². The number of rotatable bonds is 43. The minimum atomic E-state index is -0.444. The Kier molecular flexibility index (Phi) is 32.4. The predicted molar refractivity (Wildman–Crippen MR) is 422 cm³/mol. The van der Waals surface area contributed by atoms with Gasteiger partial charge in [0.15, 0.2) is 0 Å². The van der Waals surface area contributed by atoms with E-state index >= 15 is 19.2 Å². The van der Waals surface area contributed by atoms with Crippen LogP contribution < -0.4 is 4.90 Å². The third-order valence-corrected chi connectivity index (χ3v) is 20.9. The van der Waals surface area contributed by atoms with E-state index in [0.29, 0.717) is 57.5 Å². The molecule has 0 N–H and O–H groups in total. The van der Waals surface area contributed by atoms with Gasteiger partial charge >= 0.3 is 0 Å². The lowest BCUT2D eigenvalue weighted by atomic mass is 9.78.